The van der Waals surface area contributed by atoms with Crippen molar-refractivity contribution in [3.63, 3.8) is 0 Å². The van der Waals surface area contributed by atoms with Crippen molar-refractivity contribution in [1.29, 1.82) is 0 Å². The van der Waals surface area contributed by atoms with Crippen LogP contribution in [0, 0.1) is 12.7 Å². The Morgan fingerprint density at radius 1 is 0.897 bits per heavy atom. The summed E-state index contributed by atoms with van der Waals surface area (Å²) in [5, 5.41) is 5.77. The largest absolute Gasteiger partial charge is 0.307 e. The molecule has 0 aliphatic heterocycles. The van der Waals surface area contributed by atoms with Crippen LogP contribution in [0.1, 0.15) is 30.9 Å². The fourth-order valence-electron chi connectivity index (χ4n) is 5.06. The number of hydrogen-bond donors (Lipinski definition) is 0. The number of benzene rings is 3. The summed E-state index contributed by atoms with van der Waals surface area (Å²) >= 11 is 0. The predicted molar refractivity (Wildman–Crippen MR) is 119 cm³/mol. The lowest BCUT2D eigenvalue weighted by Crippen LogP contribution is -2.28. The highest BCUT2D eigenvalue weighted by Crippen LogP contribution is 2.41. The number of fused-ring (bicyclic) bond motifs is 5. The van der Waals surface area contributed by atoms with E-state index < -0.39 is 0 Å². The number of hydrogen-bond acceptors (Lipinski definition) is 0. The summed E-state index contributed by atoms with van der Waals surface area (Å²) in [4.78, 5) is 0. The molecule has 0 N–H and O–H groups in total. The molecule has 0 saturated heterocycles. The van der Waals surface area contributed by atoms with Gasteiger partial charge in [0.05, 0.1) is 27.3 Å². The summed E-state index contributed by atoms with van der Waals surface area (Å²) in [5.74, 6) is 0.265. The molecule has 0 fully saturated rings. The van der Waals surface area contributed by atoms with E-state index in [0.717, 1.165) is 21.8 Å². The molecule has 0 radical (unpaired) electrons. The third-order valence-corrected chi connectivity index (χ3v) is 6.49. The number of aromatic nitrogens is 2. The molecule has 0 atom stereocenters. The minimum atomic E-state index is -0.197. The number of pyridine rings is 2. The van der Waals surface area contributed by atoms with Gasteiger partial charge in [0.15, 0.2) is 6.20 Å². The van der Waals surface area contributed by atoms with Crippen LogP contribution in [0.2, 0.25) is 0 Å². The standard InChI is InChI=1S/C26H22FN2/c1-14(2)16-6-8-21-20(12-16)19-7-5-15(3)23-25(19)29(21)22-13-18(27)11-17-9-10-28(4)26(23)24(17)22/h5-14H,1-4H3/q+1. The zero-order chi connectivity index (χ0) is 20.0. The van der Waals surface area contributed by atoms with E-state index in [1.54, 1.807) is 12.1 Å². The van der Waals surface area contributed by atoms with Crippen LogP contribution >= 0.6 is 0 Å². The lowest BCUT2D eigenvalue weighted by atomic mass is 9.98. The highest BCUT2D eigenvalue weighted by molar-refractivity contribution is 6.25. The highest BCUT2D eigenvalue weighted by atomic mass is 19.1. The van der Waals surface area contributed by atoms with Gasteiger partial charge in [-0.3, -0.25) is 0 Å². The molecule has 0 aliphatic carbocycles. The monoisotopic (exact) mass is 381 g/mol. The SMILES string of the molecule is Cc1ccc2c3cc(C(C)C)ccc3n3c4cc(F)cc5cc[n+](C)c(c1c23)c54. The Morgan fingerprint density at radius 2 is 1.72 bits per heavy atom. The number of aryl methyl sites for hydroxylation is 2. The summed E-state index contributed by atoms with van der Waals surface area (Å²) in [6.45, 7) is 6.61. The number of rotatable bonds is 1. The van der Waals surface area contributed by atoms with E-state index in [4.69, 9.17) is 0 Å². The first-order valence-electron chi connectivity index (χ1n) is 10.2. The normalized spacial score (nSPS) is 12.6. The summed E-state index contributed by atoms with van der Waals surface area (Å²) in [6, 6.07) is 16.5. The fraction of sp³-hybridized carbons (Fsp3) is 0.192. The minimum absolute atomic E-state index is 0.197. The molecular weight excluding hydrogens is 359 g/mol. The molecule has 2 nitrogen and oxygen atoms in total. The van der Waals surface area contributed by atoms with Crippen LogP contribution in [0.25, 0.3) is 49.0 Å². The molecule has 0 bridgehead atoms. The molecule has 0 unspecified atom stereocenters. The average molecular weight is 381 g/mol. The van der Waals surface area contributed by atoms with Crippen molar-refractivity contribution in [2.45, 2.75) is 26.7 Å². The zero-order valence-electron chi connectivity index (χ0n) is 17.0. The predicted octanol–water partition coefficient (Wildman–Crippen LogP) is 6.39. The Morgan fingerprint density at radius 3 is 2.52 bits per heavy atom. The second-order valence-corrected chi connectivity index (χ2v) is 8.58. The van der Waals surface area contributed by atoms with Gasteiger partial charge in [-0.1, -0.05) is 32.0 Å². The van der Waals surface area contributed by atoms with Crippen LogP contribution in [0.5, 0.6) is 0 Å². The maximum Gasteiger partial charge on any atom is 0.224 e. The first kappa shape index (κ1) is 16.7. The molecule has 142 valence electrons. The quantitative estimate of drug-likeness (QED) is 0.177. The van der Waals surface area contributed by atoms with E-state index in [-0.39, 0.29) is 5.82 Å². The van der Waals surface area contributed by atoms with Gasteiger partial charge in [-0.25, -0.2) is 8.96 Å². The molecule has 0 saturated carbocycles. The van der Waals surface area contributed by atoms with Crippen molar-refractivity contribution >= 4 is 49.0 Å². The molecule has 6 rings (SSSR count). The first-order valence-corrected chi connectivity index (χ1v) is 10.2. The summed E-state index contributed by atoms with van der Waals surface area (Å²) in [6.07, 6.45) is 2.04. The maximum atomic E-state index is 14.6. The number of nitrogens with zero attached hydrogens (tertiary/aromatic N) is 2. The lowest BCUT2D eigenvalue weighted by Gasteiger charge is -2.12. The van der Waals surface area contributed by atoms with E-state index in [9.17, 15) is 4.39 Å². The Labute approximate surface area is 168 Å². The van der Waals surface area contributed by atoms with Crippen molar-refractivity contribution in [2.24, 2.45) is 7.05 Å². The van der Waals surface area contributed by atoms with Gasteiger partial charge in [-0.2, -0.15) is 0 Å². The number of halogens is 1. The topological polar surface area (TPSA) is 8.29 Å². The van der Waals surface area contributed by atoms with Crippen LogP contribution in [-0.4, -0.2) is 4.40 Å². The molecule has 3 heteroatoms. The van der Waals surface area contributed by atoms with E-state index in [1.807, 2.05) is 12.3 Å². The van der Waals surface area contributed by atoms with Gasteiger partial charge in [0.1, 0.15) is 12.9 Å². The molecule has 3 heterocycles. The van der Waals surface area contributed by atoms with E-state index in [1.165, 1.54) is 38.3 Å². The van der Waals surface area contributed by atoms with Gasteiger partial charge >= 0.3 is 0 Å². The first-order chi connectivity index (χ1) is 14.0. The maximum absolute atomic E-state index is 14.6. The second-order valence-electron chi connectivity index (χ2n) is 8.58. The fourth-order valence-corrected chi connectivity index (χ4v) is 5.06. The molecule has 3 aromatic heterocycles. The molecule has 6 aromatic rings. The molecular formula is C26H22FN2+. The molecule has 3 aromatic carbocycles. The van der Waals surface area contributed by atoms with Gasteiger partial charge in [0.2, 0.25) is 5.52 Å². The second kappa shape index (κ2) is 5.44. The summed E-state index contributed by atoms with van der Waals surface area (Å²) in [5.41, 5.74) is 6.98. The van der Waals surface area contributed by atoms with Crippen LogP contribution in [0.3, 0.4) is 0 Å². The van der Waals surface area contributed by atoms with Gasteiger partial charge in [-0.05, 0) is 53.6 Å². The minimum Gasteiger partial charge on any atom is -0.307 e. The Bertz CT molecular complexity index is 1600. The van der Waals surface area contributed by atoms with Crippen LogP contribution in [0.15, 0.2) is 54.7 Å². The molecule has 29 heavy (non-hydrogen) atoms. The van der Waals surface area contributed by atoms with Gasteiger partial charge in [-0.15, -0.1) is 0 Å². The van der Waals surface area contributed by atoms with Crippen molar-refractivity contribution in [2.75, 3.05) is 0 Å². The smallest absolute Gasteiger partial charge is 0.224 e. The van der Waals surface area contributed by atoms with Crippen molar-refractivity contribution in [1.82, 2.24) is 4.40 Å². The molecule has 0 spiro atoms. The van der Waals surface area contributed by atoms with Crippen LogP contribution in [-0.2, 0) is 7.05 Å². The van der Waals surface area contributed by atoms with E-state index in [0.29, 0.717) is 5.92 Å². The summed E-state index contributed by atoms with van der Waals surface area (Å²) < 4.78 is 19.1. The van der Waals surface area contributed by atoms with E-state index >= 15 is 0 Å². The Hall–Kier alpha value is -3.20. The van der Waals surface area contributed by atoms with Gasteiger partial charge in [0, 0.05) is 16.8 Å². The van der Waals surface area contributed by atoms with Crippen LogP contribution < -0.4 is 4.57 Å². The molecule has 0 amide bonds. The Kier molecular flexibility index (Phi) is 3.14. The third kappa shape index (κ3) is 2.02. The van der Waals surface area contributed by atoms with Crippen LogP contribution in [0.4, 0.5) is 4.39 Å². The average Bonchev–Trinajstić information content (AvgIpc) is 3.02. The molecule has 0 aliphatic rings. The van der Waals surface area contributed by atoms with Gasteiger partial charge in [0.25, 0.3) is 0 Å². The van der Waals surface area contributed by atoms with Crippen molar-refractivity contribution in [3.05, 3.63) is 71.7 Å². The summed E-state index contributed by atoms with van der Waals surface area (Å²) in [7, 11) is 2.08. The van der Waals surface area contributed by atoms with Gasteiger partial charge < -0.3 is 4.40 Å². The highest BCUT2D eigenvalue weighted by Gasteiger charge is 2.24. The van der Waals surface area contributed by atoms with Crippen molar-refractivity contribution in [3.8, 4) is 0 Å². The van der Waals surface area contributed by atoms with E-state index in [2.05, 4.69) is 67.1 Å². The lowest BCUT2D eigenvalue weighted by molar-refractivity contribution is -0.643. The van der Waals surface area contributed by atoms with Crippen molar-refractivity contribution < 1.29 is 8.96 Å². The zero-order valence-corrected chi connectivity index (χ0v) is 17.0. The third-order valence-electron chi connectivity index (χ3n) is 6.49. The Balaban J connectivity index is 2.05.